The molecule has 0 radical (unpaired) electrons. The van der Waals surface area contributed by atoms with Crippen LogP contribution in [0.1, 0.15) is 0 Å². The van der Waals surface area contributed by atoms with Gasteiger partial charge in [0.15, 0.2) is 0 Å². The Labute approximate surface area is 228 Å². The quantitative estimate of drug-likeness (QED) is 0.224. The van der Waals surface area contributed by atoms with Crippen LogP contribution in [0.5, 0.6) is 5.75 Å². The predicted molar refractivity (Wildman–Crippen MR) is 123 cm³/mol. The molecule has 4 rings (SSSR count). The van der Waals surface area contributed by atoms with Crippen molar-refractivity contribution in [3.63, 3.8) is 0 Å². The van der Waals surface area contributed by atoms with E-state index in [1.807, 2.05) is 0 Å². The molecule has 0 amide bonds. The average molecular weight is 533 g/mol. The molecule has 11 nitrogen and oxygen atoms in total. The van der Waals surface area contributed by atoms with Crippen molar-refractivity contribution >= 4 is 53.8 Å². The fourth-order valence-corrected chi connectivity index (χ4v) is 4.19. The molecule has 0 aromatic heterocycles. The van der Waals surface area contributed by atoms with Gasteiger partial charge in [-0.3, -0.25) is 0 Å². The third kappa shape index (κ3) is 6.39. The molecule has 178 valence electrons. The number of hydrogen-bond donors (Lipinski definition) is 1. The molecule has 0 aliphatic heterocycles. The molecule has 1 N–H and O–H groups in total. The van der Waals surface area contributed by atoms with Crippen LogP contribution in [-0.4, -0.2) is 31.0 Å². The molecule has 4 aromatic carbocycles. The topological polar surface area (TPSA) is 184 Å². The Balaban J connectivity index is 0.00000361. The molecule has 0 atom stereocenters. The van der Waals surface area contributed by atoms with E-state index < -0.39 is 30.0 Å². The summed E-state index contributed by atoms with van der Waals surface area (Å²) in [4.78, 5) is -1.15. The third-order valence-corrected chi connectivity index (χ3v) is 6.47. The molecule has 36 heavy (non-hydrogen) atoms. The monoisotopic (exact) mass is 533 g/mol. The number of aromatic hydroxyl groups is 1. The second-order valence-corrected chi connectivity index (χ2v) is 9.84. The molecule has 0 saturated carbocycles. The van der Waals surface area contributed by atoms with E-state index in [0.717, 1.165) is 23.6 Å². The maximum Gasteiger partial charge on any atom is 1.00 e. The summed E-state index contributed by atoms with van der Waals surface area (Å²) in [7, 11) is -9.60. The van der Waals surface area contributed by atoms with Gasteiger partial charge in [0.05, 0.1) is 21.2 Å². The normalized spacial score (nSPS) is 12.3. The van der Waals surface area contributed by atoms with Gasteiger partial charge in [-0.15, -0.1) is 10.2 Å². The second kappa shape index (κ2) is 10.9. The fourth-order valence-electron chi connectivity index (χ4n) is 3.10. The SMILES string of the molecule is O=S(=O)([O-])c1ccc(N=Nc2ccc(N=Nc3c(O)ccc4ccccc34)c(S(=O)(=O)[O-])c2)cc1.[Na+]. The van der Waals surface area contributed by atoms with Gasteiger partial charge >= 0.3 is 29.6 Å². The molecule has 0 spiro atoms. The molecule has 0 bridgehead atoms. The largest absolute Gasteiger partial charge is 1.00 e. The first-order valence-corrected chi connectivity index (χ1v) is 12.5. The van der Waals surface area contributed by atoms with Crippen LogP contribution in [0.4, 0.5) is 22.7 Å². The van der Waals surface area contributed by atoms with Crippen molar-refractivity contribution in [2.24, 2.45) is 20.5 Å². The van der Waals surface area contributed by atoms with Crippen molar-refractivity contribution in [1.82, 2.24) is 0 Å². The molecule has 0 aliphatic carbocycles. The number of phenolic OH excluding ortho intramolecular Hbond substituents is 1. The minimum Gasteiger partial charge on any atom is -0.744 e. The van der Waals surface area contributed by atoms with E-state index in [2.05, 4.69) is 20.5 Å². The number of azo groups is 2. The van der Waals surface area contributed by atoms with Crippen LogP contribution in [0.2, 0.25) is 0 Å². The van der Waals surface area contributed by atoms with Crippen LogP contribution < -0.4 is 29.6 Å². The van der Waals surface area contributed by atoms with Crippen molar-refractivity contribution in [1.29, 1.82) is 0 Å². The van der Waals surface area contributed by atoms with Crippen LogP contribution >= 0.6 is 0 Å². The van der Waals surface area contributed by atoms with Crippen LogP contribution in [-0.2, 0) is 20.2 Å². The fraction of sp³-hybridized carbons (Fsp3) is 0. The summed E-state index contributed by atoms with van der Waals surface area (Å²) in [5.74, 6) is -0.180. The molecule has 0 aliphatic rings. The number of rotatable bonds is 6. The van der Waals surface area contributed by atoms with Crippen molar-refractivity contribution in [3.8, 4) is 5.75 Å². The van der Waals surface area contributed by atoms with E-state index in [1.165, 1.54) is 30.3 Å². The zero-order valence-corrected chi connectivity index (χ0v) is 22.1. The van der Waals surface area contributed by atoms with Gasteiger partial charge in [-0.2, -0.15) is 10.2 Å². The van der Waals surface area contributed by atoms with Crippen LogP contribution in [0.3, 0.4) is 0 Å². The van der Waals surface area contributed by atoms with Crippen LogP contribution in [0.15, 0.2) is 109 Å². The molecule has 0 fully saturated rings. The van der Waals surface area contributed by atoms with E-state index in [-0.39, 0.29) is 58.1 Å². The van der Waals surface area contributed by atoms with Gasteiger partial charge < -0.3 is 14.2 Å². The first kappa shape index (κ1) is 27.5. The number of benzene rings is 4. The number of nitrogens with zero attached hydrogens (tertiary/aromatic N) is 4. The summed E-state index contributed by atoms with van der Waals surface area (Å²) < 4.78 is 68.5. The van der Waals surface area contributed by atoms with Gasteiger partial charge in [0.25, 0.3) is 0 Å². The summed E-state index contributed by atoms with van der Waals surface area (Å²) in [6.07, 6.45) is 0. The average Bonchev–Trinajstić information content (AvgIpc) is 2.81. The van der Waals surface area contributed by atoms with Gasteiger partial charge in [-0.1, -0.05) is 30.3 Å². The summed E-state index contributed by atoms with van der Waals surface area (Å²) in [6.45, 7) is 0. The predicted octanol–water partition coefficient (Wildman–Crippen LogP) is 2.19. The van der Waals surface area contributed by atoms with Gasteiger partial charge in [-0.05, 0) is 53.9 Å². The summed E-state index contributed by atoms with van der Waals surface area (Å²) >= 11 is 0. The Morgan fingerprint density at radius 1 is 0.667 bits per heavy atom. The summed E-state index contributed by atoms with van der Waals surface area (Å²) in [5, 5.41) is 27.1. The van der Waals surface area contributed by atoms with E-state index in [4.69, 9.17) is 0 Å². The maximum atomic E-state index is 11.8. The summed E-state index contributed by atoms with van der Waals surface area (Å²) in [6, 6.07) is 18.2. The molecule has 0 saturated heterocycles. The van der Waals surface area contributed by atoms with Crippen molar-refractivity contribution < 1.29 is 60.6 Å². The molecule has 4 aromatic rings. The van der Waals surface area contributed by atoms with Gasteiger partial charge in [0, 0.05) is 5.39 Å². The number of hydrogen-bond acceptors (Lipinski definition) is 11. The zero-order valence-electron chi connectivity index (χ0n) is 18.5. The second-order valence-electron chi connectivity index (χ2n) is 7.11. The number of phenols is 1. The molecule has 0 heterocycles. The minimum absolute atomic E-state index is 0. The number of fused-ring (bicyclic) bond motifs is 1. The van der Waals surface area contributed by atoms with E-state index >= 15 is 0 Å². The van der Waals surface area contributed by atoms with E-state index in [1.54, 1.807) is 30.3 Å². The zero-order chi connectivity index (χ0) is 25.2. The third-order valence-electron chi connectivity index (χ3n) is 4.76. The summed E-state index contributed by atoms with van der Waals surface area (Å²) in [5.41, 5.74) is 0.00646. The van der Waals surface area contributed by atoms with Gasteiger partial charge in [0.1, 0.15) is 37.4 Å². The molecular weight excluding hydrogens is 519 g/mol. The first-order valence-electron chi connectivity index (χ1n) is 9.72. The Morgan fingerprint density at radius 2 is 1.31 bits per heavy atom. The van der Waals surface area contributed by atoms with E-state index in [9.17, 15) is 31.0 Å². The van der Waals surface area contributed by atoms with Gasteiger partial charge in [0.2, 0.25) is 0 Å². The standard InChI is InChI=1S/C22H16N4O7S2.Na/c27-20-12-5-14-3-1-2-4-18(14)22(20)26-25-19-11-8-16(13-21(19)35(31,32)33)24-23-15-6-9-17(10-7-15)34(28,29)30;/h1-13,27H,(H,28,29,30)(H,31,32,33);/q;+1/p-2. The van der Waals surface area contributed by atoms with Crippen LogP contribution in [0.25, 0.3) is 10.8 Å². The first-order chi connectivity index (χ1) is 16.5. The molecule has 0 unspecified atom stereocenters. The Hall–Kier alpha value is -3.04. The van der Waals surface area contributed by atoms with Gasteiger partial charge in [-0.25, -0.2) is 16.8 Å². The Kier molecular flexibility index (Phi) is 8.36. The minimum atomic E-state index is -4.99. The smallest absolute Gasteiger partial charge is 0.744 e. The van der Waals surface area contributed by atoms with Crippen molar-refractivity contribution in [3.05, 3.63) is 78.9 Å². The van der Waals surface area contributed by atoms with Crippen molar-refractivity contribution in [2.45, 2.75) is 9.79 Å². The Morgan fingerprint density at radius 3 is 1.97 bits per heavy atom. The van der Waals surface area contributed by atoms with E-state index in [0.29, 0.717) is 5.39 Å². The van der Waals surface area contributed by atoms with Crippen molar-refractivity contribution in [2.75, 3.05) is 0 Å². The van der Waals surface area contributed by atoms with Crippen LogP contribution in [0, 0.1) is 0 Å². The Bertz CT molecular complexity index is 1710. The molecular formula is C22H14N4NaO7S2-. The molecule has 14 heteroatoms. The maximum absolute atomic E-state index is 11.8.